The maximum absolute atomic E-state index is 9.34. The van der Waals surface area contributed by atoms with Gasteiger partial charge in [-0.05, 0) is 36.3 Å². The highest BCUT2D eigenvalue weighted by molar-refractivity contribution is 6.37. The Kier molecular flexibility index (Phi) is 4.90. The predicted molar refractivity (Wildman–Crippen MR) is 87.7 cm³/mol. The van der Waals surface area contributed by atoms with E-state index in [1.165, 1.54) is 7.11 Å². The molecule has 0 saturated heterocycles. The zero-order chi connectivity index (χ0) is 15.4. The van der Waals surface area contributed by atoms with Crippen molar-refractivity contribution in [3.05, 3.63) is 63.1 Å². The van der Waals surface area contributed by atoms with Crippen LogP contribution >= 0.6 is 23.2 Å². The van der Waals surface area contributed by atoms with E-state index in [4.69, 9.17) is 27.9 Å². The van der Waals surface area contributed by atoms with E-state index in [9.17, 15) is 5.26 Å². The number of rotatable bonds is 3. The van der Waals surface area contributed by atoms with Gasteiger partial charge >= 0.3 is 0 Å². The number of hydrogen-bond acceptors (Lipinski definition) is 2. The number of allylic oxidation sites excluding steroid dienone is 1. The van der Waals surface area contributed by atoms with E-state index in [1.54, 1.807) is 18.2 Å². The molecule has 2 aromatic rings. The summed E-state index contributed by atoms with van der Waals surface area (Å²) in [4.78, 5) is 0. The molecule has 0 aromatic heterocycles. The molecule has 0 unspecified atom stereocenters. The molecular formula is C17H13Cl2NO. The Morgan fingerprint density at radius 3 is 2.19 bits per heavy atom. The lowest BCUT2D eigenvalue weighted by atomic mass is 10.0. The minimum Gasteiger partial charge on any atom is -0.494 e. The Morgan fingerprint density at radius 2 is 1.71 bits per heavy atom. The number of nitriles is 1. The lowest BCUT2D eigenvalue weighted by Gasteiger charge is -2.07. The molecule has 21 heavy (non-hydrogen) atoms. The van der Waals surface area contributed by atoms with Crippen LogP contribution < -0.4 is 4.74 Å². The molecule has 0 spiro atoms. The third kappa shape index (κ3) is 3.58. The van der Waals surface area contributed by atoms with Crippen molar-refractivity contribution in [2.24, 2.45) is 0 Å². The van der Waals surface area contributed by atoms with Crippen molar-refractivity contribution in [3.63, 3.8) is 0 Å². The number of nitrogens with zero attached hydrogens (tertiary/aromatic N) is 1. The first-order valence-corrected chi connectivity index (χ1v) is 7.02. The molecule has 0 fully saturated rings. The second kappa shape index (κ2) is 6.67. The van der Waals surface area contributed by atoms with E-state index in [2.05, 4.69) is 6.07 Å². The lowest BCUT2D eigenvalue weighted by molar-refractivity contribution is 0.415. The largest absolute Gasteiger partial charge is 0.494 e. The maximum Gasteiger partial charge on any atom is 0.156 e. The van der Waals surface area contributed by atoms with Crippen LogP contribution in [0.4, 0.5) is 0 Å². The molecule has 106 valence electrons. The first-order chi connectivity index (χ1) is 10.0. The van der Waals surface area contributed by atoms with Gasteiger partial charge in [-0.1, -0.05) is 53.0 Å². The molecule has 0 heterocycles. The van der Waals surface area contributed by atoms with Crippen LogP contribution in [0.3, 0.4) is 0 Å². The fourth-order valence-corrected chi connectivity index (χ4v) is 2.60. The number of ether oxygens (including phenoxy) is 1. The van der Waals surface area contributed by atoms with Crippen molar-refractivity contribution in [3.8, 4) is 11.8 Å². The van der Waals surface area contributed by atoms with E-state index in [0.29, 0.717) is 21.4 Å². The van der Waals surface area contributed by atoms with Gasteiger partial charge in [0.1, 0.15) is 0 Å². The molecule has 2 nitrogen and oxygen atoms in total. The van der Waals surface area contributed by atoms with E-state index in [-0.39, 0.29) is 0 Å². The summed E-state index contributed by atoms with van der Waals surface area (Å²) >= 11 is 12.2. The van der Waals surface area contributed by atoms with Gasteiger partial charge in [0.2, 0.25) is 0 Å². The number of methoxy groups -OCH3 is 1. The molecule has 0 amide bonds. The van der Waals surface area contributed by atoms with E-state index < -0.39 is 0 Å². The van der Waals surface area contributed by atoms with Crippen molar-refractivity contribution in [2.75, 3.05) is 7.11 Å². The summed E-state index contributed by atoms with van der Waals surface area (Å²) in [5.74, 6) is 0.435. The molecular weight excluding hydrogens is 305 g/mol. The summed E-state index contributed by atoms with van der Waals surface area (Å²) in [5.41, 5.74) is 3.30. The monoisotopic (exact) mass is 317 g/mol. The van der Waals surface area contributed by atoms with Gasteiger partial charge in [0.25, 0.3) is 0 Å². The van der Waals surface area contributed by atoms with Crippen LogP contribution in [0.25, 0.3) is 11.6 Å². The zero-order valence-electron chi connectivity index (χ0n) is 11.7. The Hall–Kier alpha value is -1.95. The number of benzene rings is 2. The summed E-state index contributed by atoms with van der Waals surface area (Å²) in [7, 11) is 1.51. The van der Waals surface area contributed by atoms with Gasteiger partial charge < -0.3 is 4.74 Å². The fraction of sp³-hybridized carbons (Fsp3) is 0.118. The standard InChI is InChI=1S/C17H13Cl2NO/c1-11-3-5-13(6-4-11)14(10-20)7-12-8-15(18)17(21-2)16(19)9-12/h3-9H,1-2H3/b14-7+. The van der Waals surface area contributed by atoms with Gasteiger partial charge in [-0.25, -0.2) is 0 Å². The lowest BCUT2D eigenvalue weighted by Crippen LogP contribution is -1.88. The molecule has 0 saturated carbocycles. The Morgan fingerprint density at radius 1 is 1.14 bits per heavy atom. The second-order valence-electron chi connectivity index (χ2n) is 4.55. The second-order valence-corrected chi connectivity index (χ2v) is 5.37. The molecule has 4 heteroatoms. The van der Waals surface area contributed by atoms with Gasteiger partial charge in [-0.15, -0.1) is 0 Å². The molecule has 0 aliphatic carbocycles. The van der Waals surface area contributed by atoms with Crippen molar-refractivity contribution in [1.29, 1.82) is 5.26 Å². The summed E-state index contributed by atoms with van der Waals surface area (Å²) in [6.07, 6.45) is 1.75. The smallest absolute Gasteiger partial charge is 0.156 e. The number of halogens is 2. The average molecular weight is 318 g/mol. The van der Waals surface area contributed by atoms with Crippen LogP contribution in [-0.2, 0) is 0 Å². The van der Waals surface area contributed by atoms with Crippen LogP contribution in [0.2, 0.25) is 10.0 Å². The Labute approximate surface area is 134 Å². The minimum absolute atomic E-state index is 0.414. The van der Waals surface area contributed by atoms with Crippen LogP contribution in [0.1, 0.15) is 16.7 Å². The third-order valence-electron chi connectivity index (χ3n) is 3.02. The molecule has 0 bridgehead atoms. The van der Waals surface area contributed by atoms with E-state index >= 15 is 0 Å². The predicted octanol–water partition coefficient (Wildman–Crippen LogP) is 5.37. The minimum atomic E-state index is 0.414. The highest BCUT2D eigenvalue weighted by Gasteiger charge is 2.08. The summed E-state index contributed by atoms with van der Waals surface area (Å²) in [6, 6.07) is 13.4. The van der Waals surface area contributed by atoms with E-state index in [0.717, 1.165) is 16.7 Å². The molecule has 0 atom stereocenters. The van der Waals surface area contributed by atoms with Crippen LogP contribution in [0.5, 0.6) is 5.75 Å². The highest BCUT2D eigenvalue weighted by Crippen LogP contribution is 2.34. The third-order valence-corrected chi connectivity index (χ3v) is 3.58. The summed E-state index contributed by atoms with van der Waals surface area (Å²) in [6.45, 7) is 2.00. The Balaban J connectivity index is 2.46. The summed E-state index contributed by atoms with van der Waals surface area (Å²) < 4.78 is 5.11. The van der Waals surface area contributed by atoms with Gasteiger partial charge in [-0.3, -0.25) is 0 Å². The van der Waals surface area contributed by atoms with Crippen LogP contribution in [0.15, 0.2) is 36.4 Å². The van der Waals surface area contributed by atoms with Crippen molar-refractivity contribution in [1.82, 2.24) is 0 Å². The van der Waals surface area contributed by atoms with Crippen molar-refractivity contribution < 1.29 is 4.74 Å². The maximum atomic E-state index is 9.34. The number of hydrogen-bond donors (Lipinski definition) is 0. The number of aryl methyl sites for hydroxylation is 1. The first kappa shape index (κ1) is 15.4. The molecule has 0 radical (unpaired) electrons. The van der Waals surface area contributed by atoms with Gasteiger partial charge in [0.15, 0.2) is 5.75 Å². The Bertz CT molecular complexity index is 704. The summed E-state index contributed by atoms with van der Waals surface area (Å²) in [5, 5.41) is 10.2. The molecule has 0 aliphatic rings. The molecule has 2 rings (SSSR count). The van der Waals surface area contributed by atoms with E-state index in [1.807, 2.05) is 31.2 Å². The van der Waals surface area contributed by atoms with Gasteiger partial charge in [0.05, 0.1) is 28.8 Å². The van der Waals surface area contributed by atoms with Crippen molar-refractivity contribution >= 4 is 34.9 Å². The fourth-order valence-electron chi connectivity index (χ4n) is 1.94. The molecule has 0 aliphatic heterocycles. The first-order valence-electron chi connectivity index (χ1n) is 6.27. The molecule has 0 N–H and O–H groups in total. The quantitative estimate of drug-likeness (QED) is 0.562. The van der Waals surface area contributed by atoms with Gasteiger partial charge in [0, 0.05) is 0 Å². The molecule has 2 aromatic carbocycles. The highest BCUT2D eigenvalue weighted by atomic mass is 35.5. The average Bonchev–Trinajstić information content (AvgIpc) is 2.45. The van der Waals surface area contributed by atoms with Crippen LogP contribution in [-0.4, -0.2) is 7.11 Å². The topological polar surface area (TPSA) is 33.0 Å². The van der Waals surface area contributed by atoms with Crippen LogP contribution in [0, 0.1) is 18.3 Å². The van der Waals surface area contributed by atoms with Crippen molar-refractivity contribution in [2.45, 2.75) is 6.92 Å². The zero-order valence-corrected chi connectivity index (χ0v) is 13.2. The van der Waals surface area contributed by atoms with Gasteiger partial charge in [-0.2, -0.15) is 5.26 Å². The SMILES string of the molecule is COc1c(Cl)cc(/C=C(\C#N)c2ccc(C)cc2)cc1Cl. The normalized spacial score (nSPS) is 11.1.